The molecule has 0 saturated carbocycles. The zero-order valence-electron chi connectivity index (χ0n) is 11.6. The Bertz CT molecular complexity index is 691. The molecule has 0 aliphatic heterocycles. The van der Waals surface area contributed by atoms with Crippen LogP contribution in [0.25, 0.3) is 0 Å². The van der Waals surface area contributed by atoms with Crippen molar-refractivity contribution in [3.63, 3.8) is 0 Å². The van der Waals surface area contributed by atoms with Crippen LogP contribution in [0.5, 0.6) is 0 Å². The molecule has 6 heteroatoms. The smallest absolute Gasteiger partial charge is 0.226 e. The molecule has 114 valence electrons. The van der Waals surface area contributed by atoms with Crippen LogP contribution in [0, 0.1) is 0 Å². The molecule has 0 aliphatic rings. The monoisotopic (exact) mass is 352 g/mol. The number of amides is 1. The highest BCUT2D eigenvalue weighted by molar-refractivity contribution is 7.80. The molecule has 22 heavy (non-hydrogen) atoms. The predicted molar refractivity (Wildman–Crippen MR) is 95.6 cm³/mol. The number of hydrogen-bond acceptors (Lipinski definition) is 2. The van der Waals surface area contributed by atoms with Gasteiger partial charge in [0.2, 0.25) is 5.91 Å². The topological polar surface area (TPSA) is 41.1 Å². The fourth-order valence-electron chi connectivity index (χ4n) is 1.87. The van der Waals surface area contributed by atoms with Gasteiger partial charge in [0.15, 0.2) is 5.11 Å². The summed E-state index contributed by atoms with van der Waals surface area (Å²) in [6.45, 7) is 0. The number of carbonyl (C=O) groups is 1. The van der Waals surface area contributed by atoms with E-state index in [-0.39, 0.29) is 11.0 Å². The molecular weight excluding hydrogens is 339 g/mol. The molecule has 0 atom stereocenters. The minimum Gasteiger partial charge on any atom is -0.332 e. The Kier molecular flexibility index (Phi) is 6.19. The predicted octanol–water partition coefficient (Wildman–Crippen LogP) is 4.44. The standard InChI is InChI=1S/C16H14Cl2N2OS/c17-12-5-3-6-13(10-12)19-16(22)20-15(21)9-8-11-4-1-2-7-14(11)18/h1-7,10H,8-9H2,(H2,19,20,21,22). The maximum absolute atomic E-state index is 11.9. The summed E-state index contributed by atoms with van der Waals surface area (Å²) < 4.78 is 0. The molecule has 0 radical (unpaired) electrons. The molecular formula is C16H14Cl2N2OS. The van der Waals surface area contributed by atoms with Crippen molar-refractivity contribution in [2.75, 3.05) is 5.32 Å². The van der Waals surface area contributed by atoms with E-state index in [1.807, 2.05) is 24.3 Å². The highest BCUT2D eigenvalue weighted by Crippen LogP contribution is 2.17. The summed E-state index contributed by atoms with van der Waals surface area (Å²) in [6, 6.07) is 14.6. The van der Waals surface area contributed by atoms with Crippen LogP contribution in [0.15, 0.2) is 48.5 Å². The molecule has 0 saturated heterocycles. The number of nitrogens with one attached hydrogen (secondary N) is 2. The SMILES string of the molecule is O=C(CCc1ccccc1Cl)NC(=S)Nc1cccc(Cl)c1. The van der Waals surface area contributed by atoms with Gasteiger partial charge in [-0.2, -0.15) is 0 Å². The normalized spacial score (nSPS) is 10.1. The first kappa shape index (κ1) is 16.7. The van der Waals surface area contributed by atoms with Crippen molar-refractivity contribution in [3.8, 4) is 0 Å². The van der Waals surface area contributed by atoms with E-state index in [2.05, 4.69) is 10.6 Å². The third kappa shape index (κ3) is 5.30. The summed E-state index contributed by atoms with van der Waals surface area (Å²) in [5, 5.41) is 7.04. The molecule has 0 aliphatic carbocycles. The van der Waals surface area contributed by atoms with E-state index < -0.39 is 0 Å². The maximum atomic E-state index is 11.9. The lowest BCUT2D eigenvalue weighted by Crippen LogP contribution is -2.34. The number of halogens is 2. The lowest BCUT2D eigenvalue weighted by molar-refractivity contribution is -0.119. The first-order valence-corrected chi connectivity index (χ1v) is 7.81. The first-order valence-electron chi connectivity index (χ1n) is 6.64. The van der Waals surface area contributed by atoms with E-state index in [4.69, 9.17) is 35.4 Å². The van der Waals surface area contributed by atoms with Crippen LogP contribution in [0.4, 0.5) is 5.69 Å². The minimum absolute atomic E-state index is 0.167. The zero-order valence-corrected chi connectivity index (χ0v) is 13.9. The Labute approximate surface area is 144 Å². The van der Waals surface area contributed by atoms with Crippen molar-refractivity contribution >= 4 is 52.1 Å². The molecule has 0 aromatic heterocycles. The molecule has 0 unspecified atom stereocenters. The van der Waals surface area contributed by atoms with Crippen LogP contribution in [0.2, 0.25) is 10.0 Å². The maximum Gasteiger partial charge on any atom is 0.226 e. The van der Waals surface area contributed by atoms with Crippen LogP contribution in [0.1, 0.15) is 12.0 Å². The van der Waals surface area contributed by atoms with Gasteiger partial charge in [0.05, 0.1) is 0 Å². The summed E-state index contributed by atoms with van der Waals surface area (Å²) in [6.07, 6.45) is 0.867. The van der Waals surface area contributed by atoms with E-state index in [1.54, 1.807) is 24.3 Å². The van der Waals surface area contributed by atoms with Crippen LogP contribution < -0.4 is 10.6 Å². The van der Waals surface area contributed by atoms with Crippen molar-refractivity contribution in [1.82, 2.24) is 5.32 Å². The quantitative estimate of drug-likeness (QED) is 0.799. The summed E-state index contributed by atoms with van der Waals surface area (Å²) in [5.74, 6) is -0.167. The molecule has 2 N–H and O–H groups in total. The van der Waals surface area contributed by atoms with Crippen molar-refractivity contribution in [1.29, 1.82) is 0 Å². The average molecular weight is 353 g/mol. The number of hydrogen-bond donors (Lipinski definition) is 2. The lowest BCUT2D eigenvalue weighted by atomic mass is 10.1. The molecule has 2 aromatic rings. The van der Waals surface area contributed by atoms with Gasteiger partial charge in [0.25, 0.3) is 0 Å². The second-order valence-corrected chi connectivity index (χ2v) is 5.86. The Balaban J connectivity index is 1.82. The fraction of sp³-hybridized carbons (Fsp3) is 0.125. The molecule has 0 spiro atoms. The van der Waals surface area contributed by atoms with Gasteiger partial charge in [0, 0.05) is 22.2 Å². The number of rotatable bonds is 4. The number of benzene rings is 2. The number of aryl methyl sites for hydroxylation is 1. The van der Waals surface area contributed by atoms with Gasteiger partial charge in [-0.25, -0.2) is 0 Å². The third-order valence-corrected chi connectivity index (χ3v) is 3.72. The molecule has 2 aromatic carbocycles. The van der Waals surface area contributed by atoms with Gasteiger partial charge in [-0.05, 0) is 48.5 Å². The van der Waals surface area contributed by atoms with E-state index >= 15 is 0 Å². The largest absolute Gasteiger partial charge is 0.332 e. The van der Waals surface area contributed by atoms with Gasteiger partial charge in [0.1, 0.15) is 0 Å². The zero-order chi connectivity index (χ0) is 15.9. The fourth-order valence-corrected chi connectivity index (χ4v) is 2.52. The Morgan fingerprint density at radius 3 is 2.59 bits per heavy atom. The van der Waals surface area contributed by atoms with E-state index in [9.17, 15) is 4.79 Å². The molecule has 1 amide bonds. The van der Waals surface area contributed by atoms with Crippen molar-refractivity contribution in [2.45, 2.75) is 12.8 Å². The number of thiocarbonyl (C=S) groups is 1. The van der Waals surface area contributed by atoms with Gasteiger partial charge in [-0.1, -0.05) is 47.5 Å². The highest BCUT2D eigenvalue weighted by atomic mass is 35.5. The van der Waals surface area contributed by atoms with Crippen LogP contribution in [0.3, 0.4) is 0 Å². The second-order valence-electron chi connectivity index (χ2n) is 4.60. The van der Waals surface area contributed by atoms with E-state index in [1.165, 1.54) is 0 Å². The average Bonchev–Trinajstić information content (AvgIpc) is 2.46. The summed E-state index contributed by atoms with van der Waals surface area (Å²) in [7, 11) is 0. The van der Waals surface area contributed by atoms with E-state index in [0.717, 1.165) is 11.3 Å². The Morgan fingerprint density at radius 2 is 1.86 bits per heavy atom. The van der Waals surface area contributed by atoms with E-state index in [0.29, 0.717) is 22.9 Å². The first-order chi connectivity index (χ1) is 10.5. The summed E-state index contributed by atoms with van der Waals surface area (Å²) in [5.41, 5.74) is 1.66. The number of anilines is 1. The van der Waals surface area contributed by atoms with Gasteiger partial charge < -0.3 is 10.6 Å². The van der Waals surface area contributed by atoms with Crippen molar-refractivity contribution in [3.05, 3.63) is 64.1 Å². The van der Waals surface area contributed by atoms with Crippen LogP contribution >= 0.6 is 35.4 Å². The summed E-state index contributed by atoms with van der Waals surface area (Å²) in [4.78, 5) is 11.9. The Morgan fingerprint density at radius 1 is 1.09 bits per heavy atom. The van der Waals surface area contributed by atoms with Crippen molar-refractivity contribution < 1.29 is 4.79 Å². The van der Waals surface area contributed by atoms with Gasteiger partial charge in [-0.3, -0.25) is 4.79 Å². The molecule has 0 bridgehead atoms. The molecule has 3 nitrogen and oxygen atoms in total. The highest BCUT2D eigenvalue weighted by Gasteiger charge is 2.07. The number of carbonyl (C=O) groups excluding carboxylic acids is 1. The molecule has 0 fully saturated rings. The molecule has 0 heterocycles. The lowest BCUT2D eigenvalue weighted by Gasteiger charge is -2.10. The Hall–Kier alpha value is -1.62. The van der Waals surface area contributed by atoms with Crippen LogP contribution in [-0.2, 0) is 11.2 Å². The van der Waals surface area contributed by atoms with Gasteiger partial charge in [-0.15, -0.1) is 0 Å². The van der Waals surface area contributed by atoms with Crippen LogP contribution in [-0.4, -0.2) is 11.0 Å². The van der Waals surface area contributed by atoms with Crippen molar-refractivity contribution in [2.24, 2.45) is 0 Å². The molecule has 2 rings (SSSR count). The summed E-state index contributed by atoms with van der Waals surface area (Å²) >= 11 is 17.0. The van der Waals surface area contributed by atoms with Gasteiger partial charge >= 0.3 is 0 Å². The minimum atomic E-state index is -0.167. The second kappa shape index (κ2) is 8.13. The third-order valence-electron chi connectivity index (χ3n) is 2.91.